The minimum atomic E-state index is -0.238. The third kappa shape index (κ3) is 4.03. The maximum Gasteiger partial charge on any atom is 0.255 e. The van der Waals surface area contributed by atoms with E-state index in [2.05, 4.69) is 29.5 Å². The smallest absolute Gasteiger partial charge is 0.255 e. The number of benzene rings is 1. The number of carbonyl (C=O) groups is 1. The number of nitrogens with one attached hydrogen (secondary N) is 1. The van der Waals surface area contributed by atoms with Crippen molar-refractivity contribution in [3.05, 3.63) is 70.2 Å². The molecular formula is C20H21N3O2S. The quantitative estimate of drug-likeness (QED) is 0.680. The Labute approximate surface area is 156 Å². The molecule has 134 valence electrons. The molecule has 0 unspecified atom stereocenters. The molecule has 0 aliphatic heterocycles. The summed E-state index contributed by atoms with van der Waals surface area (Å²) in [6.45, 7) is 4.64. The largest absolute Gasteiger partial charge is 0.446 e. The molecule has 0 saturated carbocycles. The summed E-state index contributed by atoms with van der Waals surface area (Å²) in [6.07, 6.45) is 2.51. The van der Waals surface area contributed by atoms with Gasteiger partial charge in [0.2, 0.25) is 0 Å². The van der Waals surface area contributed by atoms with Gasteiger partial charge in [-0.3, -0.25) is 4.79 Å². The maximum absolute atomic E-state index is 12.2. The summed E-state index contributed by atoms with van der Waals surface area (Å²) in [5.74, 6) is 0.775. The van der Waals surface area contributed by atoms with Gasteiger partial charge >= 0.3 is 0 Å². The van der Waals surface area contributed by atoms with Crippen molar-refractivity contribution in [1.82, 2.24) is 10.3 Å². The molecule has 1 amide bonds. The average molecular weight is 367 g/mol. The molecule has 3 rings (SSSR count). The van der Waals surface area contributed by atoms with Crippen LogP contribution < -0.4 is 15.8 Å². The van der Waals surface area contributed by atoms with Crippen molar-refractivity contribution in [1.29, 1.82) is 0 Å². The highest BCUT2D eigenvalue weighted by molar-refractivity contribution is 7.12. The number of anilines is 1. The molecular weight excluding hydrogens is 346 g/mol. The average Bonchev–Trinajstić information content (AvgIpc) is 3.00. The summed E-state index contributed by atoms with van der Waals surface area (Å²) in [5.41, 5.74) is 9.60. The fourth-order valence-corrected chi connectivity index (χ4v) is 3.64. The first-order chi connectivity index (χ1) is 12.6. The van der Waals surface area contributed by atoms with Crippen LogP contribution in [0.15, 0.2) is 48.0 Å². The van der Waals surface area contributed by atoms with E-state index in [4.69, 9.17) is 10.5 Å². The van der Waals surface area contributed by atoms with E-state index in [0.717, 1.165) is 22.8 Å². The summed E-state index contributed by atoms with van der Waals surface area (Å²) >= 11 is 1.62. The van der Waals surface area contributed by atoms with Crippen LogP contribution in [0.3, 0.4) is 0 Å². The van der Waals surface area contributed by atoms with Gasteiger partial charge in [-0.15, -0.1) is 11.3 Å². The lowest BCUT2D eigenvalue weighted by atomic mass is 10.1. The number of hydrogen-bond donors (Lipinski definition) is 2. The minimum absolute atomic E-state index is 0.228. The van der Waals surface area contributed by atoms with E-state index in [1.54, 1.807) is 29.7 Å². The van der Waals surface area contributed by atoms with Gasteiger partial charge in [0, 0.05) is 18.3 Å². The van der Waals surface area contributed by atoms with Crippen LogP contribution in [0.2, 0.25) is 0 Å². The van der Waals surface area contributed by atoms with E-state index in [1.807, 2.05) is 24.3 Å². The van der Waals surface area contributed by atoms with E-state index in [1.165, 1.54) is 11.1 Å². The van der Waals surface area contributed by atoms with Gasteiger partial charge < -0.3 is 15.8 Å². The number of ether oxygens (including phenoxy) is 1. The van der Waals surface area contributed by atoms with Crippen molar-refractivity contribution in [2.75, 3.05) is 5.73 Å². The highest BCUT2D eigenvalue weighted by atomic mass is 32.1. The van der Waals surface area contributed by atoms with Crippen molar-refractivity contribution in [3.8, 4) is 10.8 Å². The maximum atomic E-state index is 12.2. The number of nitrogen functional groups attached to an aromatic ring is 1. The molecule has 0 aliphatic rings. The Morgan fingerprint density at radius 2 is 2.04 bits per heavy atom. The zero-order chi connectivity index (χ0) is 18.5. The summed E-state index contributed by atoms with van der Waals surface area (Å²) in [5, 5.41) is 5.91. The van der Waals surface area contributed by atoms with Crippen LogP contribution >= 0.6 is 11.3 Å². The van der Waals surface area contributed by atoms with Crippen LogP contribution in [0.5, 0.6) is 10.8 Å². The molecule has 0 aliphatic carbocycles. The van der Waals surface area contributed by atoms with E-state index >= 15 is 0 Å². The van der Waals surface area contributed by atoms with Crippen molar-refractivity contribution in [3.63, 3.8) is 0 Å². The van der Waals surface area contributed by atoms with E-state index in [9.17, 15) is 4.79 Å². The predicted octanol–water partition coefficient (Wildman–Crippen LogP) is 4.32. The Morgan fingerprint density at radius 3 is 2.73 bits per heavy atom. The van der Waals surface area contributed by atoms with Crippen molar-refractivity contribution in [2.45, 2.75) is 26.8 Å². The van der Waals surface area contributed by atoms with Gasteiger partial charge in [0.05, 0.1) is 5.56 Å². The Kier molecular flexibility index (Phi) is 5.53. The number of thiophene rings is 1. The highest BCUT2D eigenvalue weighted by Gasteiger charge is 2.11. The van der Waals surface area contributed by atoms with Crippen LogP contribution in [-0.4, -0.2) is 10.9 Å². The van der Waals surface area contributed by atoms with Gasteiger partial charge in [-0.2, -0.15) is 0 Å². The van der Waals surface area contributed by atoms with Crippen LogP contribution in [0, 0.1) is 6.92 Å². The summed E-state index contributed by atoms with van der Waals surface area (Å²) < 4.78 is 5.99. The fraction of sp³-hybridized carbons (Fsp3) is 0.200. The van der Waals surface area contributed by atoms with Gasteiger partial charge in [0.25, 0.3) is 5.91 Å². The Bertz CT molecular complexity index is 904. The fourth-order valence-electron chi connectivity index (χ4n) is 2.62. The predicted molar refractivity (Wildman–Crippen MR) is 105 cm³/mol. The number of rotatable bonds is 6. The lowest BCUT2D eigenvalue weighted by Crippen LogP contribution is -2.24. The second kappa shape index (κ2) is 8.01. The Hall–Kier alpha value is -2.86. The Balaban J connectivity index is 1.61. The third-order valence-electron chi connectivity index (χ3n) is 4.09. The molecule has 0 radical (unpaired) electrons. The second-order valence-electron chi connectivity index (χ2n) is 5.90. The molecule has 3 aromatic rings. The van der Waals surface area contributed by atoms with Crippen LogP contribution in [-0.2, 0) is 13.0 Å². The summed E-state index contributed by atoms with van der Waals surface area (Å²) in [7, 11) is 0. The molecule has 2 aromatic heterocycles. The molecule has 2 heterocycles. The van der Waals surface area contributed by atoms with E-state index in [-0.39, 0.29) is 11.7 Å². The molecule has 3 N–H and O–H groups in total. The van der Waals surface area contributed by atoms with Gasteiger partial charge in [-0.05, 0) is 54.1 Å². The molecule has 0 saturated heterocycles. The van der Waals surface area contributed by atoms with Crippen molar-refractivity contribution >= 4 is 23.1 Å². The number of nitrogens with two attached hydrogens (primary N) is 1. The highest BCUT2D eigenvalue weighted by Crippen LogP contribution is 2.34. The normalized spacial score (nSPS) is 10.5. The number of amides is 1. The van der Waals surface area contributed by atoms with E-state index in [0.29, 0.717) is 12.1 Å². The number of nitrogens with zero attached hydrogens (tertiary/aromatic N) is 1. The van der Waals surface area contributed by atoms with E-state index < -0.39 is 0 Å². The second-order valence-corrected chi connectivity index (χ2v) is 6.75. The van der Waals surface area contributed by atoms with Crippen molar-refractivity contribution in [2.24, 2.45) is 0 Å². The standard InChI is InChI=1S/C20H21N3O2S/c1-3-16-13(2)12-26-20(16)25-15-8-6-14(7-9-15)11-23-19(24)17-5-4-10-22-18(17)21/h4-10,12H,3,11H2,1-2H3,(H2,21,22)(H,23,24). The summed E-state index contributed by atoms with van der Waals surface area (Å²) in [6, 6.07) is 11.0. The first kappa shape index (κ1) is 17.9. The molecule has 5 nitrogen and oxygen atoms in total. The van der Waals surface area contributed by atoms with Gasteiger partial charge in [-0.25, -0.2) is 4.98 Å². The number of aromatic nitrogens is 1. The molecule has 0 spiro atoms. The number of hydrogen-bond acceptors (Lipinski definition) is 5. The number of carbonyl (C=O) groups excluding carboxylic acids is 1. The van der Waals surface area contributed by atoms with Crippen LogP contribution in [0.25, 0.3) is 0 Å². The molecule has 1 aromatic carbocycles. The number of aryl methyl sites for hydroxylation is 1. The lowest BCUT2D eigenvalue weighted by molar-refractivity contribution is 0.0951. The van der Waals surface area contributed by atoms with Gasteiger partial charge in [-0.1, -0.05) is 19.1 Å². The summed E-state index contributed by atoms with van der Waals surface area (Å²) in [4.78, 5) is 16.1. The molecule has 0 fully saturated rings. The lowest BCUT2D eigenvalue weighted by Gasteiger charge is -2.09. The zero-order valence-corrected chi connectivity index (χ0v) is 15.6. The Morgan fingerprint density at radius 1 is 1.27 bits per heavy atom. The minimum Gasteiger partial charge on any atom is -0.446 e. The molecule has 0 bridgehead atoms. The number of pyridine rings is 1. The topological polar surface area (TPSA) is 77.2 Å². The first-order valence-electron chi connectivity index (χ1n) is 8.41. The van der Waals surface area contributed by atoms with Crippen LogP contribution in [0.4, 0.5) is 5.82 Å². The SMILES string of the molecule is CCc1c(C)csc1Oc1ccc(CNC(=O)c2cccnc2N)cc1. The zero-order valence-electron chi connectivity index (χ0n) is 14.8. The van der Waals surface area contributed by atoms with Crippen LogP contribution in [0.1, 0.15) is 34.0 Å². The van der Waals surface area contributed by atoms with Gasteiger partial charge in [0.15, 0.2) is 5.06 Å². The molecule has 26 heavy (non-hydrogen) atoms. The third-order valence-corrected chi connectivity index (χ3v) is 5.10. The molecule has 0 atom stereocenters. The first-order valence-corrected chi connectivity index (χ1v) is 9.29. The van der Waals surface area contributed by atoms with Crippen molar-refractivity contribution < 1.29 is 9.53 Å². The monoisotopic (exact) mass is 367 g/mol. The molecule has 6 heteroatoms. The van der Waals surface area contributed by atoms with Gasteiger partial charge in [0.1, 0.15) is 11.6 Å².